The van der Waals surface area contributed by atoms with Gasteiger partial charge in [-0.25, -0.2) is 0 Å². The lowest BCUT2D eigenvalue weighted by Crippen LogP contribution is -2.22. The summed E-state index contributed by atoms with van der Waals surface area (Å²) in [5, 5.41) is 0. The normalized spacial score (nSPS) is 11.5. The van der Waals surface area contributed by atoms with Crippen molar-refractivity contribution in [1.82, 2.24) is 4.57 Å². The topological polar surface area (TPSA) is 79.1 Å². The molecule has 0 N–H and O–H groups in total. The molecule has 0 saturated heterocycles. The van der Waals surface area contributed by atoms with Gasteiger partial charge in [-0.2, -0.15) is 4.99 Å². The number of thiazole rings is 1. The number of ether oxygens (including phenoxy) is 3. The van der Waals surface area contributed by atoms with E-state index in [2.05, 4.69) is 4.99 Å². The van der Waals surface area contributed by atoms with Gasteiger partial charge >= 0.3 is 5.97 Å². The molecular weight excluding hydrogens is 412 g/mol. The van der Waals surface area contributed by atoms with Crippen molar-refractivity contribution >= 4 is 45.2 Å². The van der Waals surface area contributed by atoms with Crippen LogP contribution in [0, 0.1) is 0 Å². The molecule has 1 heterocycles. The number of amides is 1. The number of fused-ring (bicyclic) bond motifs is 1. The van der Waals surface area contributed by atoms with Crippen molar-refractivity contribution in [2.24, 2.45) is 4.99 Å². The quantitative estimate of drug-likeness (QED) is 0.439. The Kier molecular flexibility index (Phi) is 6.60. The molecule has 0 aliphatic rings. The monoisotopic (exact) mass is 432 g/mol. The van der Waals surface area contributed by atoms with E-state index in [0.29, 0.717) is 27.4 Å². The molecule has 0 aliphatic carbocycles. The van der Waals surface area contributed by atoms with E-state index in [1.807, 2.05) is 18.4 Å². The minimum absolute atomic E-state index is 0.114. The Bertz CT molecular complexity index is 1130. The molecule has 0 fully saturated rings. The Labute approximate surface area is 175 Å². The number of methoxy groups -OCH3 is 3. The van der Waals surface area contributed by atoms with Crippen LogP contribution in [0.1, 0.15) is 10.4 Å². The number of benzene rings is 2. The van der Waals surface area contributed by atoms with E-state index in [-0.39, 0.29) is 6.54 Å². The lowest BCUT2D eigenvalue weighted by molar-refractivity contribution is -0.141. The average Bonchev–Trinajstić information content (AvgIpc) is 3.10. The zero-order chi connectivity index (χ0) is 21.0. The van der Waals surface area contributed by atoms with Crippen molar-refractivity contribution in [2.75, 3.05) is 27.6 Å². The van der Waals surface area contributed by atoms with E-state index in [9.17, 15) is 9.59 Å². The van der Waals surface area contributed by atoms with Crippen LogP contribution in [0.2, 0.25) is 0 Å². The number of aromatic nitrogens is 1. The summed E-state index contributed by atoms with van der Waals surface area (Å²) in [6, 6.07) is 10.8. The van der Waals surface area contributed by atoms with Gasteiger partial charge in [0.05, 0.1) is 21.3 Å². The van der Waals surface area contributed by atoms with E-state index in [1.165, 1.54) is 25.6 Å². The number of thioether (sulfide) groups is 1. The van der Waals surface area contributed by atoms with Crippen molar-refractivity contribution in [1.29, 1.82) is 0 Å². The summed E-state index contributed by atoms with van der Waals surface area (Å²) in [7, 11) is 4.41. The zero-order valence-electron chi connectivity index (χ0n) is 16.4. The fourth-order valence-electron chi connectivity index (χ4n) is 2.79. The van der Waals surface area contributed by atoms with Crippen LogP contribution in [-0.4, -0.2) is 44.0 Å². The highest BCUT2D eigenvalue weighted by molar-refractivity contribution is 7.98. The van der Waals surface area contributed by atoms with Crippen molar-refractivity contribution in [3.8, 4) is 11.5 Å². The summed E-state index contributed by atoms with van der Waals surface area (Å²) >= 11 is 2.79. The molecule has 0 aliphatic heterocycles. The SMILES string of the molecule is COC(=O)Cn1c(=NC(=O)c2cccc(SC)c2)sc2c(OC)ccc(OC)c21. The smallest absolute Gasteiger partial charge is 0.325 e. The molecule has 0 atom stereocenters. The summed E-state index contributed by atoms with van der Waals surface area (Å²) in [5.74, 6) is 0.277. The van der Waals surface area contributed by atoms with Crippen LogP contribution < -0.4 is 14.3 Å². The van der Waals surface area contributed by atoms with E-state index in [0.717, 1.165) is 9.60 Å². The molecule has 0 unspecified atom stereocenters. The molecule has 152 valence electrons. The Hall–Kier alpha value is -2.78. The number of esters is 1. The molecular formula is C20H20N2O5S2. The molecule has 3 aromatic rings. The molecule has 9 heteroatoms. The molecule has 0 saturated carbocycles. The maximum atomic E-state index is 12.8. The maximum Gasteiger partial charge on any atom is 0.325 e. The molecule has 3 rings (SSSR count). The number of rotatable bonds is 6. The lowest BCUT2D eigenvalue weighted by atomic mass is 10.2. The van der Waals surface area contributed by atoms with Gasteiger partial charge in [0.2, 0.25) is 0 Å². The van der Waals surface area contributed by atoms with Gasteiger partial charge in [0.15, 0.2) is 4.80 Å². The zero-order valence-corrected chi connectivity index (χ0v) is 18.1. The third-order valence-electron chi connectivity index (χ3n) is 4.22. The van der Waals surface area contributed by atoms with Gasteiger partial charge in [0, 0.05) is 10.5 Å². The van der Waals surface area contributed by atoms with Crippen molar-refractivity contribution in [2.45, 2.75) is 11.4 Å². The summed E-state index contributed by atoms with van der Waals surface area (Å²) in [4.78, 5) is 30.5. The van der Waals surface area contributed by atoms with Gasteiger partial charge in [0.25, 0.3) is 5.91 Å². The number of hydrogen-bond acceptors (Lipinski definition) is 7. The van der Waals surface area contributed by atoms with Crippen LogP contribution in [0.4, 0.5) is 0 Å². The molecule has 1 amide bonds. The van der Waals surface area contributed by atoms with Crippen LogP contribution in [0.5, 0.6) is 11.5 Å². The minimum Gasteiger partial charge on any atom is -0.495 e. The fourth-order valence-corrected chi connectivity index (χ4v) is 4.38. The first-order valence-electron chi connectivity index (χ1n) is 8.56. The second-order valence-electron chi connectivity index (χ2n) is 5.84. The first-order valence-corrected chi connectivity index (χ1v) is 10.6. The Morgan fingerprint density at radius 1 is 1.10 bits per heavy atom. The number of carbonyl (C=O) groups is 2. The fraction of sp³-hybridized carbons (Fsp3) is 0.250. The van der Waals surface area contributed by atoms with E-state index in [4.69, 9.17) is 14.2 Å². The predicted molar refractivity (Wildman–Crippen MR) is 113 cm³/mol. The molecule has 0 spiro atoms. The van der Waals surface area contributed by atoms with Crippen LogP contribution in [0.3, 0.4) is 0 Å². The lowest BCUT2D eigenvalue weighted by Gasteiger charge is -2.09. The Morgan fingerprint density at radius 3 is 2.48 bits per heavy atom. The Balaban J connectivity index is 2.24. The summed E-state index contributed by atoms with van der Waals surface area (Å²) < 4.78 is 18.1. The van der Waals surface area contributed by atoms with Crippen LogP contribution >= 0.6 is 23.1 Å². The van der Waals surface area contributed by atoms with E-state index >= 15 is 0 Å². The van der Waals surface area contributed by atoms with Gasteiger partial charge in [-0.05, 0) is 36.6 Å². The minimum atomic E-state index is -0.465. The molecule has 2 aromatic carbocycles. The number of nitrogens with zero attached hydrogens (tertiary/aromatic N) is 2. The van der Waals surface area contributed by atoms with Crippen molar-refractivity contribution in [3.05, 3.63) is 46.8 Å². The van der Waals surface area contributed by atoms with Gasteiger partial charge < -0.3 is 18.8 Å². The third kappa shape index (κ3) is 4.30. The molecule has 0 bridgehead atoms. The van der Waals surface area contributed by atoms with Crippen molar-refractivity contribution < 1.29 is 23.8 Å². The first-order chi connectivity index (χ1) is 14.0. The number of hydrogen-bond donors (Lipinski definition) is 0. The summed E-state index contributed by atoms with van der Waals surface area (Å²) in [6.07, 6.45) is 1.94. The highest BCUT2D eigenvalue weighted by atomic mass is 32.2. The second kappa shape index (κ2) is 9.15. The first kappa shape index (κ1) is 20.9. The maximum absolute atomic E-state index is 12.8. The molecule has 0 radical (unpaired) electrons. The third-order valence-corrected chi connectivity index (χ3v) is 6.04. The van der Waals surface area contributed by atoms with Crippen molar-refractivity contribution in [3.63, 3.8) is 0 Å². The average molecular weight is 433 g/mol. The predicted octanol–water partition coefficient (Wildman–Crippen LogP) is 3.36. The largest absolute Gasteiger partial charge is 0.495 e. The summed E-state index contributed by atoms with van der Waals surface area (Å²) in [6.45, 7) is -0.114. The highest BCUT2D eigenvalue weighted by Crippen LogP contribution is 2.35. The van der Waals surface area contributed by atoms with Gasteiger partial charge in [0.1, 0.15) is 28.3 Å². The Morgan fingerprint density at radius 2 is 1.83 bits per heavy atom. The van der Waals surface area contributed by atoms with Crippen LogP contribution in [0.15, 0.2) is 46.3 Å². The standard InChI is InChI=1S/C20H20N2O5S2/c1-25-14-8-9-15(26-2)18-17(14)22(11-16(23)27-3)20(29-18)21-19(24)12-6-5-7-13(10-12)28-4/h5-10H,11H2,1-4H3. The van der Waals surface area contributed by atoms with E-state index < -0.39 is 11.9 Å². The molecule has 29 heavy (non-hydrogen) atoms. The van der Waals surface area contributed by atoms with Crippen LogP contribution in [0.25, 0.3) is 10.2 Å². The second-order valence-corrected chi connectivity index (χ2v) is 7.70. The highest BCUT2D eigenvalue weighted by Gasteiger charge is 2.19. The van der Waals surface area contributed by atoms with Crippen LogP contribution in [-0.2, 0) is 16.1 Å². The number of carbonyl (C=O) groups excluding carboxylic acids is 2. The molecule has 7 nitrogen and oxygen atoms in total. The van der Waals surface area contributed by atoms with E-state index in [1.54, 1.807) is 47.7 Å². The van der Waals surface area contributed by atoms with Gasteiger partial charge in [-0.15, -0.1) is 11.8 Å². The molecule has 1 aromatic heterocycles. The van der Waals surface area contributed by atoms with Gasteiger partial charge in [-0.3, -0.25) is 9.59 Å². The van der Waals surface area contributed by atoms with Gasteiger partial charge in [-0.1, -0.05) is 17.4 Å². The summed E-state index contributed by atoms with van der Waals surface area (Å²) in [5.41, 5.74) is 1.09.